The van der Waals surface area contributed by atoms with Crippen LogP contribution in [0.2, 0.25) is 0 Å². The summed E-state index contributed by atoms with van der Waals surface area (Å²) in [4.78, 5) is 14.7. The quantitative estimate of drug-likeness (QED) is 0.873. The van der Waals surface area contributed by atoms with Gasteiger partial charge in [0, 0.05) is 39.4 Å². The van der Waals surface area contributed by atoms with Crippen LogP contribution in [0.1, 0.15) is 41.7 Å². The second kappa shape index (κ2) is 7.50. The lowest BCUT2D eigenvalue weighted by Crippen LogP contribution is -2.44. The van der Waals surface area contributed by atoms with Crippen molar-refractivity contribution in [2.45, 2.75) is 43.9 Å². The van der Waals surface area contributed by atoms with Crippen LogP contribution in [0.15, 0.2) is 29.1 Å². The molecule has 0 bridgehead atoms. The zero-order valence-corrected chi connectivity index (χ0v) is 16.0. The van der Waals surface area contributed by atoms with Crippen LogP contribution in [0, 0.1) is 0 Å². The monoisotopic (exact) mass is 374 g/mol. The van der Waals surface area contributed by atoms with Gasteiger partial charge in [0.15, 0.2) is 0 Å². The van der Waals surface area contributed by atoms with Gasteiger partial charge in [-0.1, -0.05) is 0 Å². The topological polar surface area (TPSA) is 59.4 Å². The summed E-state index contributed by atoms with van der Waals surface area (Å²) in [6, 6.07) is 3.94. The van der Waals surface area contributed by atoms with Gasteiger partial charge in [-0.25, -0.2) is 0 Å². The van der Waals surface area contributed by atoms with E-state index < -0.39 is 0 Å². The lowest BCUT2D eigenvalue weighted by molar-refractivity contribution is -0.0764. The smallest absolute Gasteiger partial charge is 0.269 e. The standard InChI is InChI=1S/C19H26N4O2S/c1-22-17(3-8-21-22)18(24)20-12-16-2-5-19(25-16)6-9-23(10-7-19)13-15-4-11-26-14-15/h3-4,8,11,14,16H,2,5-7,9-10,12-13H2,1H3,(H,20,24). The van der Waals surface area contributed by atoms with Crippen LogP contribution >= 0.6 is 11.3 Å². The minimum atomic E-state index is -0.0832. The molecule has 2 aliphatic rings. The highest BCUT2D eigenvalue weighted by molar-refractivity contribution is 7.07. The van der Waals surface area contributed by atoms with Gasteiger partial charge in [-0.15, -0.1) is 0 Å². The molecular formula is C19H26N4O2S. The summed E-state index contributed by atoms with van der Waals surface area (Å²) in [6.45, 7) is 3.79. The number of piperidine rings is 1. The fourth-order valence-electron chi connectivity index (χ4n) is 4.06. The van der Waals surface area contributed by atoms with Crippen molar-refractivity contribution in [2.24, 2.45) is 7.05 Å². The summed E-state index contributed by atoms with van der Waals surface area (Å²) in [5, 5.41) is 11.4. The molecule has 6 nitrogen and oxygen atoms in total. The third-order valence-electron chi connectivity index (χ3n) is 5.64. The number of thiophene rings is 1. The Hall–Kier alpha value is -1.70. The van der Waals surface area contributed by atoms with Crippen LogP contribution in [-0.2, 0) is 18.3 Å². The molecule has 140 valence electrons. The summed E-state index contributed by atoms with van der Waals surface area (Å²) < 4.78 is 8.00. The average Bonchev–Trinajstić information content (AvgIpc) is 3.37. The van der Waals surface area contributed by atoms with E-state index in [0.717, 1.165) is 45.3 Å². The number of carbonyl (C=O) groups is 1. The van der Waals surface area contributed by atoms with E-state index in [9.17, 15) is 4.79 Å². The van der Waals surface area contributed by atoms with Crippen LogP contribution < -0.4 is 5.32 Å². The van der Waals surface area contributed by atoms with E-state index in [1.165, 1.54) is 5.56 Å². The highest BCUT2D eigenvalue weighted by Gasteiger charge is 2.42. The summed E-state index contributed by atoms with van der Waals surface area (Å²) in [7, 11) is 1.78. The molecule has 1 N–H and O–H groups in total. The molecule has 1 spiro atoms. The van der Waals surface area contributed by atoms with Gasteiger partial charge in [-0.3, -0.25) is 14.4 Å². The number of ether oxygens (including phenoxy) is 1. The highest BCUT2D eigenvalue weighted by atomic mass is 32.1. The number of likely N-dealkylation sites (tertiary alicyclic amines) is 1. The molecule has 2 fully saturated rings. The van der Waals surface area contributed by atoms with Gasteiger partial charge >= 0.3 is 0 Å². The number of nitrogens with zero attached hydrogens (tertiary/aromatic N) is 3. The van der Waals surface area contributed by atoms with Crippen molar-refractivity contribution in [1.29, 1.82) is 0 Å². The second-order valence-corrected chi connectivity index (χ2v) is 8.20. The van der Waals surface area contributed by atoms with Crippen molar-refractivity contribution in [1.82, 2.24) is 20.0 Å². The number of carbonyl (C=O) groups excluding carboxylic acids is 1. The first-order valence-electron chi connectivity index (χ1n) is 9.31. The Balaban J connectivity index is 1.24. The number of rotatable bonds is 5. The SMILES string of the molecule is Cn1nccc1C(=O)NCC1CCC2(CCN(Cc3ccsc3)CC2)O1. The Kier molecular flexibility index (Phi) is 5.11. The van der Waals surface area contributed by atoms with Gasteiger partial charge in [-0.05, 0) is 54.1 Å². The van der Waals surface area contributed by atoms with Crippen LogP contribution in [-0.4, -0.2) is 51.9 Å². The molecule has 0 radical (unpaired) electrons. The number of amides is 1. The summed E-state index contributed by atoms with van der Waals surface area (Å²) in [5.41, 5.74) is 2.01. The normalized spacial score (nSPS) is 22.7. The molecule has 4 heterocycles. The first-order chi connectivity index (χ1) is 12.6. The van der Waals surface area contributed by atoms with Crippen molar-refractivity contribution >= 4 is 17.2 Å². The fourth-order valence-corrected chi connectivity index (χ4v) is 4.72. The number of aromatic nitrogens is 2. The number of aryl methyl sites for hydroxylation is 1. The van der Waals surface area contributed by atoms with Crippen molar-refractivity contribution in [3.8, 4) is 0 Å². The summed E-state index contributed by atoms with van der Waals surface area (Å²) >= 11 is 1.76. The fraction of sp³-hybridized carbons (Fsp3) is 0.579. The van der Waals surface area contributed by atoms with Crippen LogP contribution in [0.25, 0.3) is 0 Å². The molecule has 4 rings (SSSR count). The van der Waals surface area contributed by atoms with E-state index in [1.54, 1.807) is 35.3 Å². The van der Waals surface area contributed by atoms with Gasteiger partial charge in [0.1, 0.15) is 5.69 Å². The van der Waals surface area contributed by atoms with Gasteiger partial charge in [-0.2, -0.15) is 16.4 Å². The highest BCUT2D eigenvalue weighted by Crippen LogP contribution is 2.39. The minimum Gasteiger partial charge on any atom is -0.370 e. The first-order valence-corrected chi connectivity index (χ1v) is 10.3. The number of hydrogen-bond donors (Lipinski definition) is 1. The summed E-state index contributed by atoms with van der Waals surface area (Å²) in [5.74, 6) is -0.0832. The maximum atomic E-state index is 12.2. The molecule has 0 saturated carbocycles. The van der Waals surface area contributed by atoms with Gasteiger partial charge in [0.05, 0.1) is 11.7 Å². The lowest BCUT2D eigenvalue weighted by atomic mass is 9.88. The molecule has 2 saturated heterocycles. The largest absolute Gasteiger partial charge is 0.370 e. The third kappa shape index (κ3) is 3.84. The molecule has 1 atom stereocenters. The lowest BCUT2D eigenvalue weighted by Gasteiger charge is -2.39. The van der Waals surface area contributed by atoms with Crippen LogP contribution in [0.5, 0.6) is 0 Å². The number of nitrogens with one attached hydrogen (secondary N) is 1. The van der Waals surface area contributed by atoms with Crippen LogP contribution in [0.3, 0.4) is 0 Å². The Morgan fingerprint density at radius 3 is 2.92 bits per heavy atom. The van der Waals surface area contributed by atoms with E-state index in [-0.39, 0.29) is 17.6 Å². The minimum absolute atomic E-state index is 0.0209. The predicted octanol–water partition coefficient (Wildman–Crippen LogP) is 2.43. The Bertz CT molecular complexity index is 735. The molecule has 26 heavy (non-hydrogen) atoms. The molecule has 7 heteroatoms. The molecule has 2 aromatic rings. The average molecular weight is 375 g/mol. The van der Waals surface area contributed by atoms with Gasteiger partial charge in [0.2, 0.25) is 0 Å². The van der Waals surface area contributed by atoms with Gasteiger partial charge in [0.25, 0.3) is 5.91 Å². The third-order valence-corrected chi connectivity index (χ3v) is 6.37. The maximum absolute atomic E-state index is 12.2. The van der Waals surface area contributed by atoms with Gasteiger partial charge < -0.3 is 10.1 Å². The van der Waals surface area contributed by atoms with Crippen molar-refractivity contribution < 1.29 is 9.53 Å². The zero-order valence-electron chi connectivity index (χ0n) is 15.2. The van der Waals surface area contributed by atoms with E-state index >= 15 is 0 Å². The van der Waals surface area contributed by atoms with E-state index in [0.29, 0.717) is 12.2 Å². The van der Waals surface area contributed by atoms with Crippen molar-refractivity contribution in [3.05, 3.63) is 40.3 Å². The number of hydrogen-bond acceptors (Lipinski definition) is 5. The summed E-state index contributed by atoms with van der Waals surface area (Å²) in [6.07, 6.45) is 6.06. The molecular weight excluding hydrogens is 348 g/mol. The first kappa shape index (κ1) is 17.7. The Labute approximate surface area is 158 Å². The van der Waals surface area contributed by atoms with Crippen molar-refractivity contribution in [2.75, 3.05) is 19.6 Å². The maximum Gasteiger partial charge on any atom is 0.269 e. The predicted molar refractivity (Wildman–Crippen MR) is 101 cm³/mol. The molecule has 2 aromatic heterocycles. The van der Waals surface area contributed by atoms with E-state index in [1.807, 2.05) is 0 Å². The van der Waals surface area contributed by atoms with E-state index in [4.69, 9.17) is 4.74 Å². The molecule has 0 aromatic carbocycles. The zero-order chi connectivity index (χ0) is 18.0. The molecule has 0 aliphatic carbocycles. The Morgan fingerprint density at radius 1 is 1.38 bits per heavy atom. The van der Waals surface area contributed by atoms with Crippen LogP contribution in [0.4, 0.5) is 0 Å². The Morgan fingerprint density at radius 2 is 2.23 bits per heavy atom. The molecule has 2 aliphatic heterocycles. The molecule has 1 unspecified atom stereocenters. The van der Waals surface area contributed by atoms with Crippen molar-refractivity contribution in [3.63, 3.8) is 0 Å². The van der Waals surface area contributed by atoms with E-state index in [2.05, 4.69) is 32.1 Å². The second-order valence-electron chi connectivity index (χ2n) is 7.42. The molecule has 1 amide bonds.